The number of hydrogen-bond donors (Lipinski definition) is 2. The van der Waals surface area contributed by atoms with E-state index >= 15 is 0 Å². The number of benzene rings is 3. The van der Waals surface area contributed by atoms with Crippen LogP contribution in [0.4, 0.5) is 5.69 Å². The van der Waals surface area contributed by atoms with Gasteiger partial charge in [0.1, 0.15) is 5.75 Å². The van der Waals surface area contributed by atoms with Crippen molar-refractivity contribution in [3.63, 3.8) is 0 Å². The highest BCUT2D eigenvalue weighted by atomic mass is 35.5. The van der Waals surface area contributed by atoms with Gasteiger partial charge in [-0.05, 0) is 60.8 Å². The van der Waals surface area contributed by atoms with Crippen molar-refractivity contribution < 1.29 is 18.6 Å². The highest BCUT2D eigenvalue weighted by Crippen LogP contribution is 2.30. The number of methoxy groups -OCH3 is 1. The van der Waals surface area contributed by atoms with Crippen molar-refractivity contribution in [1.29, 1.82) is 0 Å². The lowest BCUT2D eigenvalue weighted by Crippen LogP contribution is -2.45. The molecule has 0 bridgehead atoms. The SMILES string of the molecule is COc1ccc(N(Cc2ccc(Cl)c(Cl)c2)S(C)(=O)=O)cc1CNC1CCCNC1c1ccccc1.Cl.Cl.O. The maximum Gasteiger partial charge on any atom is 0.232 e. The third-order valence-corrected chi connectivity index (χ3v) is 8.31. The summed E-state index contributed by atoms with van der Waals surface area (Å²) in [5, 5.41) is 8.13. The quantitative estimate of drug-likeness (QED) is 0.319. The minimum absolute atomic E-state index is 0. The molecule has 1 aliphatic heterocycles. The molecule has 4 rings (SSSR count). The van der Waals surface area contributed by atoms with E-state index in [4.69, 9.17) is 27.9 Å². The second-order valence-electron chi connectivity index (χ2n) is 8.99. The first-order chi connectivity index (χ1) is 17.3. The molecular formula is C27H35Cl4N3O4S. The molecule has 1 heterocycles. The Hall–Kier alpha value is -1.75. The fraction of sp³-hybridized carbons (Fsp3) is 0.333. The van der Waals surface area contributed by atoms with Gasteiger partial charge in [0.05, 0.1) is 35.6 Å². The molecule has 4 N–H and O–H groups in total. The number of sulfonamides is 1. The number of ether oxygens (including phenoxy) is 1. The van der Waals surface area contributed by atoms with Crippen molar-refractivity contribution in [3.8, 4) is 5.75 Å². The first-order valence-corrected chi connectivity index (χ1v) is 14.5. The number of piperidine rings is 1. The van der Waals surface area contributed by atoms with Crippen molar-refractivity contribution in [2.75, 3.05) is 24.2 Å². The van der Waals surface area contributed by atoms with E-state index in [9.17, 15) is 8.42 Å². The molecule has 0 aliphatic carbocycles. The summed E-state index contributed by atoms with van der Waals surface area (Å²) in [4.78, 5) is 0. The van der Waals surface area contributed by atoms with Gasteiger partial charge in [0.15, 0.2) is 0 Å². The molecule has 0 radical (unpaired) electrons. The highest BCUT2D eigenvalue weighted by molar-refractivity contribution is 7.92. The summed E-state index contributed by atoms with van der Waals surface area (Å²) >= 11 is 12.2. The Bertz CT molecular complexity index is 1300. The van der Waals surface area contributed by atoms with Gasteiger partial charge in [-0.1, -0.05) is 59.6 Å². The molecule has 1 saturated heterocycles. The monoisotopic (exact) mass is 637 g/mol. The van der Waals surface area contributed by atoms with E-state index in [1.165, 1.54) is 16.1 Å². The van der Waals surface area contributed by atoms with Gasteiger partial charge in [0.25, 0.3) is 0 Å². The second kappa shape index (κ2) is 15.9. The number of anilines is 1. The summed E-state index contributed by atoms with van der Waals surface area (Å²) in [5.74, 6) is 0.703. The predicted octanol–water partition coefficient (Wildman–Crippen LogP) is 5.57. The van der Waals surface area contributed by atoms with Crippen molar-refractivity contribution in [1.82, 2.24) is 10.6 Å². The van der Waals surface area contributed by atoms with Crippen LogP contribution in [0.25, 0.3) is 0 Å². The maximum atomic E-state index is 12.8. The molecular weight excluding hydrogens is 604 g/mol. The number of hydrogen-bond acceptors (Lipinski definition) is 5. The molecule has 0 aromatic heterocycles. The van der Waals surface area contributed by atoms with Crippen LogP contribution in [0, 0.1) is 0 Å². The van der Waals surface area contributed by atoms with Gasteiger partial charge >= 0.3 is 0 Å². The molecule has 3 aromatic carbocycles. The van der Waals surface area contributed by atoms with Crippen LogP contribution in [0.3, 0.4) is 0 Å². The van der Waals surface area contributed by atoms with Crippen LogP contribution in [0.15, 0.2) is 66.7 Å². The Balaban J connectivity index is 0.00000253. The van der Waals surface area contributed by atoms with Gasteiger partial charge in [-0.2, -0.15) is 0 Å². The van der Waals surface area contributed by atoms with Crippen LogP contribution in [0.5, 0.6) is 5.75 Å². The van der Waals surface area contributed by atoms with Crippen molar-refractivity contribution in [2.45, 2.75) is 38.0 Å². The molecule has 12 heteroatoms. The maximum absolute atomic E-state index is 12.8. The third-order valence-electron chi connectivity index (χ3n) is 6.43. The summed E-state index contributed by atoms with van der Waals surface area (Å²) < 4.78 is 32.5. The average molecular weight is 639 g/mol. The molecule has 3 aromatic rings. The number of nitrogens with one attached hydrogen (secondary N) is 2. The van der Waals surface area contributed by atoms with E-state index in [1.807, 2.05) is 18.2 Å². The zero-order valence-corrected chi connectivity index (χ0v) is 25.7. The van der Waals surface area contributed by atoms with Crippen molar-refractivity contribution in [3.05, 3.63) is 93.5 Å². The molecule has 2 unspecified atom stereocenters. The summed E-state index contributed by atoms with van der Waals surface area (Å²) in [5.41, 5.74) is 3.43. The van der Waals surface area contributed by atoms with Crippen LogP contribution in [-0.4, -0.2) is 39.8 Å². The first kappa shape index (κ1) is 35.3. The highest BCUT2D eigenvalue weighted by Gasteiger charge is 2.26. The van der Waals surface area contributed by atoms with E-state index in [0.29, 0.717) is 28.0 Å². The van der Waals surface area contributed by atoms with Crippen LogP contribution in [0.2, 0.25) is 10.0 Å². The summed E-state index contributed by atoms with van der Waals surface area (Å²) in [6.45, 7) is 1.66. The molecule has 0 amide bonds. The lowest BCUT2D eigenvalue weighted by molar-refractivity contribution is 0.303. The van der Waals surface area contributed by atoms with Gasteiger partial charge in [-0.15, -0.1) is 24.8 Å². The Labute approximate surface area is 253 Å². The van der Waals surface area contributed by atoms with Gasteiger partial charge in [0, 0.05) is 24.2 Å². The molecule has 1 fully saturated rings. The molecule has 2 atom stereocenters. The van der Waals surface area contributed by atoms with Crippen LogP contribution in [-0.2, 0) is 23.1 Å². The lowest BCUT2D eigenvalue weighted by atomic mass is 9.92. The minimum Gasteiger partial charge on any atom is -0.496 e. The normalized spacial score (nSPS) is 16.7. The Morgan fingerprint density at radius 3 is 2.38 bits per heavy atom. The Morgan fingerprint density at radius 1 is 1.03 bits per heavy atom. The standard InChI is InChI=1S/C27H31Cl2N3O3S.2ClH.H2O/c1-35-26-13-11-22(32(36(2,33)34)18-19-10-12-23(28)24(29)15-19)16-21(26)17-31-25-9-6-14-30-27(25)20-7-4-3-5-8-20;;;/h3-5,7-8,10-13,15-16,25,27,30-31H,6,9,14,17-18H2,1-2H3;2*1H;1H2. The van der Waals surface area contributed by atoms with E-state index in [1.54, 1.807) is 31.4 Å². The zero-order chi connectivity index (χ0) is 25.7. The van der Waals surface area contributed by atoms with Gasteiger partial charge in [0.2, 0.25) is 10.0 Å². The Morgan fingerprint density at radius 2 is 1.74 bits per heavy atom. The average Bonchev–Trinajstić information content (AvgIpc) is 2.88. The minimum atomic E-state index is -3.57. The Kier molecular flexibility index (Phi) is 14.4. The molecule has 39 heavy (non-hydrogen) atoms. The molecule has 7 nitrogen and oxygen atoms in total. The van der Waals surface area contributed by atoms with Crippen LogP contribution >= 0.6 is 48.0 Å². The van der Waals surface area contributed by atoms with E-state index in [0.717, 1.165) is 30.5 Å². The van der Waals surface area contributed by atoms with Gasteiger partial charge in [-0.25, -0.2) is 8.42 Å². The van der Waals surface area contributed by atoms with Crippen molar-refractivity contribution >= 4 is 63.7 Å². The fourth-order valence-corrected chi connectivity index (χ4v) is 5.82. The molecule has 0 spiro atoms. The fourth-order valence-electron chi connectivity index (χ4n) is 4.62. The van der Waals surface area contributed by atoms with E-state index < -0.39 is 10.0 Å². The number of nitrogens with zero attached hydrogens (tertiary/aromatic N) is 1. The lowest BCUT2D eigenvalue weighted by Gasteiger charge is -2.34. The number of rotatable bonds is 9. The van der Waals surface area contributed by atoms with Gasteiger partial charge in [-0.3, -0.25) is 4.31 Å². The van der Waals surface area contributed by atoms with Gasteiger partial charge < -0.3 is 20.8 Å². The first-order valence-electron chi connectivity index (χ1n) is 11.9. The largest absolute Gasteiger partial charge is 0.496 e. The van der Waals surface area contributed by atoms with Crippen LogP contribution in [0.1, 0.15) is 35.6 Å². The number of halogens is 4. The van der Waals surface area contributed by atoms with Crippen molar-refractivity contribution in [2.24, 2.45) is 0 Å². The molecule has 1 aliphatic rings. The molecule has 0 saturated carbocycles. The smallest absolute Gasteiger partial charge is 0.232 e. The topological polar surface area (TPSA) is 102 Å². The summed E-state index contributed by atoms with van der Waals surface area (Å²) in [7, 11) is -1.95. The van der Waals surface area contributed by atoms with E-state index in [2.05, 4.69) is 34.9 Å². The summed E-state index contributed by atoms with van der Waals surface area (Å²) in [6.07, 6.45) is 3.33. The van der Waals surface area contributed by atoms with E-state index in [-0.39, 0.29) is 48.9 Å². The van der Waals surface area contributed by atoms with Crippen LogP contribution < -0.4 is 19.7 Å². The second-order valence-corrected chi connectivity index (χ2v) is 11.7. The predicted molar refractivity (Wildman–Crippen MR) is 166 cm³/mol. The zero-order valence-electron chi connectivity index (χ0n) is 21.7. The third kappa shape index (κ3) is 9.13. The summed E-state index contributed by atoms with van der Waals surface area (Å²) in [6, 6.07) is 21.4. The molecule has 216 valence electrons.